The Morgan fingerprint density at radius 1 is 1.07 bits per heavy atom. The first-order chi connectivity index (χ1) is 13.7. The Morgan fingerprint density at radius 2 is 1.83 bits per heavy atom. The standard InChI is InChI=1S/C20H22FN7.ClH/c1-28-14-2-3-15(28)9-13(8-14)24-19-7-6-18(26-27-19)17-5-4-16(20(21)25-17)12-10-22-23-11-12;/h4-7,10-11,13-15H,2-3,8-9H2,1H3,(H,22,23)(H,24,27);1H. The van der Waals surface area contributed by atoms with Crippen molar-refractivity contribution in [2.24, 2.45) is 0 Å². The zero-order chi connectivity index (χ0) is 19.1. The van der Waals surface area contributed by atoms with E-state index < -0.39 is 5.95 Å². The number of anilines is 1. The summed E-state index contributed by atoms with van der Waals surface area (Å²) in [5.74, 6) is 0.206. The van der Waals surface area contributed by atoms with Crippen molar-refractivity contribution in [3.8, 4) is 22.5 Å². The lowest BCUT2D eigenvalue weighted by atomic mass is 9.98. The van der Waals surface area contributed by atoms with Gasteiger partial charge in [-0.15, -0.1) is 22.6 Å². The van der Waals surface area contributed by atoms with Crippen LogP contribution >= 0.6 is 12.4 Å². The molecule has 7 nitrogen and oxygen atoms in total. The molecular weight excluding hydrogens is 393 g/mol. The van der Waals surface area contributed by atoms with E-state index >= 15 is 0 Å². The molecule has 152 valence electrons. The maximum atomic E-state index is 14.4. The second kappa shape index (κ2) is 8.04. The highest BCUT2D eigenvalue weighted by atomic mass is 35.5. The highest BCUT2D eigenvalue weighted by molar-refractivity contribution is 5.85. The zero-order valence-electron chi connectivity index (χ0n) is 16.0. The van der Waals surface area contributed by atoms with Crippen molar-refractivity contribution in [1.29, 1.82) is 0 Å². The summed E-state index contributed by atoms with van der Waals surface area (Å²) in [5.41, 5.74) is 2.07. The molecule has 0 aromatic carbocycles. The first-order valence-corrected chi connectivity index (χ1v) is 9.65. The van der Waals surface area contributed by atoms with Crippen molar-refractivity contribution in [1.82, 2.24) is 30.3 Å². The van der Waals surface area contributed by atoms with Crippen molar-refractivity contribution in [3.63, 3.8) is 0 Å². The van der Waals surface area contributed by atoms with Gasteiger partial charge in [-0.05, 0) is 57.0 Å². The van der Waals surface area contributed by atoms with Crippen LogP contribution in [0.5, 0.6) is 0 Å². The van der Waals surface area contributed by atoms with Crippen LogP contribution in [0.3, 0.4) is 0 Å². The van der Waals surface area contributed by atoms with E-state index in [-0.39, 0.29) is 12.4 Å². The van der Waals surface area contributed by atoms with E-state index in [0.29, 0.717) is 40.6 Å². The molecule has 0 radical (unpaired) electrons. The number of nitrogens with zero attached hydrogens (tertiary/aromatic N) is 5. The molecule has 2 fully saturated rings. The SMILES string of the molecule is CN1C2CCC1CC(Nc1ccc(-c3ccc(-c4cn[nH]c4)c(F)n3)nn1)C2.Cl. The third-order valence-corrected chi connectivity index (χ3v) is 6.04. The van der Waals surface area contributed by atoms with Gasteiger partial charge >= 0.3 is 0 Å². The number of nitrogens with one attached hydrogen (secondary N) is 2. The van der Waals surface area contributed by atoms with Crippen LogP contribution in [0.2, 0.25) is 0 Å². The molecule has 2 N–H and O–H groups in total. The maximum absolute atomic E-state index is 14.4. The fraction of sp³-hybridized carbons (Fsp3) is 0.400. The van der Waals surface area contributed by atoms with Crippen molar-refractivity contribution in [2.45, 2.75) is 43.8 Å². The second-order valence-corrected chi connectivity index (χ2v) is 7.69. The fourth-order valence-electron chi connectivity index (χ4n) is 4.47. The number of fused-ring (bicyclic) bond motifs is 2. The van der Waals surface area contributed by atoms with Crippen molar-refractivity contribution < 1.29 is 4.39 Å². The van der Waals surface area contributed by atoms with Crippen molar-refractivity contribution in [3.05, 3.63) is 42.6 Å². The molecule has 2 aliphatic heterocycles. The minimum Gasteiger partial charge on any atom is -0.366 e. The number of rotatable bonds is 4. The van der Waals surface area contributed by atoms with Gasteiger partial charge in [-0.3, -0.25) is 5.10 Å². The monoisotopic (exact) mass is 415 g/mol. The molecule has 2 aliphatic rings. The van der Waals surface area contributed by atoms with Gasteiger partial charge in [0, 0.05) is 35.4 Å². The number of aromatic amines is 1. The lowest BCUT2D eigenvalue weighted by molar-refractivity contribution is 0.168. The largest absolute Gasteiger partial charge is 0.366 e. The Hall–Kier alpha value is -2.58. The van der Waals surface area contributed by atoms with Gasteiger partial charge in [0.05, 0.1) is 11.9 Å². The Morgan fingerprint density at radius 3 is 2.45 bits per heavy atom. The maximum Gasteiger partial charge on any atom is 0.221 e. The van der Waals surface area contributed by atoms with Gasteiger partial charge in [-0.1, -0.05) is 0 Å². The molecule has 3 aromatic rings. The first-order valence-electron chi connectivity index (χ1n) is 9.65. The minimum atomic E-state index is -0.551. The number of H-pyrrole nitrogens is 1. The van der Waals surface area contributed by atoms with Crippen molar-refractivity contribution in [2.75, 3.05) is 12.4 Å². The zero-order valence-corrected chi connectivity index (χ0v) is 16.9. The summed E-state index contributed by atoms with van der Waals surface area (Å²) >= 11 is 0. The van der Waals surface area contributed by atoms with Crippen LogP contribution in [0, 0.1) is 5.95 Å². The molecule has 0 spiro atoms. The van der Waals surface area contributed by atoms with Gasteiger partial charge in [-0.25, -0.2) is 4.98 Å². The molecule has 9 heteroatoms. The van der Waals surface area contributed by atoms with Crippen molar-refractivity contribution >= 4 is 18.2 Å². The van der Waals surface area contributed by atoms with E-state index in [9.17, 15) is 4.39 Å². The number of hydrogen-bond acceptors (Lipinski definition) is 6. The molecule has 2 saturated heterocycles. The van der Waals surface area contributed by atoms with E-state index in [1.807, 2.05) is 12.1 Å². The number of pyridine rings is 1. The molecule has 5 heterocycles. The third kappa shape index (κ3) is 3.82. The summed E-state index contributed by atoms with van der Waals surface area (Å²) in [6.07, 6.45) is 8.05. The highest BCUT2D eigenvalue weighted by Crippen LogP contribution is 2.35. The van der Waals surface area contributed by atoms with Gasteiger partial charge < -0.3 is 10.2 Å². The van der Waals surface area contributed by atoms with Crippen LogP contribution in [0.15, 0.2) is 36.7 Å². The summed E-state index contributed by atoms with van der Waals surface area (Å²) in [5, 5.41) is 18.6. The summed E-state index contributed by atoms with van der Waals surface area (Å²) < 4.78 is 14.4. The normalized spacial score (nSPS) is 23.6. The lowest BCUT2D eigenvalue weighted by Crippen LogP contribution is -2.44. The van der Waals surface area contributed by atoms with Crippen LogP contribution in [0.25, 0.3) is 22.5 Å². The predicted molar refractivity (Wildman–Crippen MR) is 111 cm³/mol. The van der Waals surface area contributed by atoms with Gasteiger partial charge in [0.15, 0.2) is 0 Å². The van der Waals surface area contributed by atoms with E-state index in [2.05, 4.69) is 42.6 Å². The minimum absolute atomic E-state index is 0. The molecule has 0 aliphatic carbocycles. The Labute approximate surface area is 174 Å². The van der Waals surface area contributed by atoms with Crippen LogP contribution in [0.4, 0.5) is 10.2 Å². The number of hydrogen-bond donors (Lipinski definition) is 2. The highest BCUT2D eigenvalue weighted by Gasteiger charge is 2.38. The smallest absolute Gasteiger partial charge is 0.221 e. The molecule has 2 atom stereocenters. The van der Waals surface area contributed by atoms with Gasteiger partial charge in [0.25, 0.3) is 0 Å². The van der Waals surface area contributed by atoms with Crippen LogP contribution in [0.1, 0.15) is 25.7 Å². The van der Waals surface area contributed by atoms with Crippen LogP contribution in [-0.4, -0.2) is 55.5 Å². The van der Waals surface area contributed by atoms with E-state index in [4.69, 9.17) is 0 Å². The lowest BCUT2D eigenvalue weighted by Gasteiger charge is -2.36. The molecule has 29 heavy (non-hydrogen) atoms. The average molecular weight is 416 g/mol. The summed E-state index contributed by atoms with van der Waals surface area (Å²) in [7, 11) is 2.23. The summed E-state index contributed by atoms with van der Waals surface area (Å²) in [4.78, 5) is 6.56. The topological polar surface area (TPSA) is 82.6 Å². The molecular formula is C20H23ClFN7. The fourth-order valence-corrected chi connectivity index (χ4v) is 4.47. The van der Waals surface area contributed by atoms with Gasteiger partial charge in [-0.2, -0.15) is 9.49 Å². The molecule has 5 rings (SSSR count). The quantitative estimate of drug-likeness (QED) is 0.634. The molecule has 0 saturated carbocycles. The van der Waals surface area contributed by atoms with Gasteiger partial charge in [0.2, 0.25) is 5.95 Å². The third-order valence-electron chi connectivity index (χ3n) is 6.04. The Balaban J connectivity index is 0.00000205. The Kier molecular flexibility index (Phi) is 5.47. The summed E-state index contributed by atoms with van der Waals surface area (Å²) in [6.45, 7) is 0. The van der Waals surface area contributed by atoms with E-state index in [1.165, 1.54) is 12.8 Å². The first kappa shape index (κ1) is 19.7. The average Bonchev–Trinajstić information content (AvgIpc) is 3.29. The molecule has 2 unspecified atom stereocenters. The molecule has 0 amide bonds. The number of aromatic nitrogens is 5. The predicted octanol–water partition coefficient (Wildman–Crippen LogP) is 3.53. The Bertz CT molecular complexity index is 949. The number of piperidine rings is 1. The molecule has 2 bridgehead atoms. The van der Waals surface area contributed by atoms with Crippen LogP contribution < -0.4 is 5.32 Å². The summed E-state index contributed by atoms with van der Waals surface area (Å²) in [6, 6.07) is 8.93. The van der Waals surface area contributed by atoms with E-state index in [1.54, 1.807) is 24.5 Å². The number of halogens is 2. The van der Waals surface area contributed by atoms with Crippen LogP contribution in [-0.2, 0) is 0 Å². The van der Waals surface area contributed by atoms with Gasteiger partial charge in [0.1, 0.15) is 11.5 Å². The molecule has 3 aromatic heterocycles. The second-order valence-electron chi connectivity index (χ2n) is 7.69. The van der Waals surface area contributed by atoms with E-state index in [0.717, 1.165) is 18.7 Å².